The van der Waals surface area contributed by atoms with Gasteiger partial charge in [-0.1, -0.05) is 302 Å². The third-order valence-corrected chi connectivity index (χ3v) is 13.4. The zero-order chi connectivity index (χ0) is 56.4. The molecule has 0 amide bonds. The van der Waals surface area contributed by atoms with E-state index in [1.807, 2.05) is 6.08 Å². The molecule has 0 aromatic carbocycles. The van der Waals surface area contributed by atoms with Gasteiger partial charge in [0.15, 0.2) is 6.10 Å². The summed E-state index contributed by atoms with van der Waals surface area (Å²) in [5, 5.41) is 0. The lowest BCUT2D eigenvalue weighted by Crippen LogP contribution is -2.30. The van der Waals surface area contributed by atoms with Gasteiger partial charge < -0.3 is 14.2 Å². The first kappa shape index (κ1) is 73.5. The fraction of sp³-hybridized carbons (Fsp3) is 0.653. The normalized spacial score (nSPS) is 13.0. The first-order valence-electron chi connectivity index (χ1n) is 32.2. The number of unbranched alkanes of at least 4 members (excludes halogenated alkanes) is 25. The quantitative estimate of drug-likeness (QED) is 0.0261. The zero-order valence-corrected chi connectivity index (χ0v) is 50.6. The largest absolute Gasteiger partial charge is 0.462 e. The van der Waals surface area contributed by atoms with Gasteiger partial charge in [0, 0.05) is 12.8 Å². The number of allylic oxidation sites excluding steroid dienone is 21. The minimum atomic E-state index is -0.825. The van der Waals surface area contributed by atoms with Crippen LogP contribution in [0.1, 0.15) is 284 Å². The molecule has 442 valence electrons. The van der Waals surface area contributed by atoms with Gasteiger partial charge in [-0.15, -0.1) is 0 Å². The van der Waals surface area contributed by atoms with E-state index in [4.69, 9.17) is 14.2 Å². The Balaban J connectivity index is 4.42. The minimum Gasteiger partial charge on any atom is -0.462 e. The van der Waals surface area contributed by atoms with Crippen LogP contribution in [0.4, 0.5) is 0 Å². The fourth-order valence-corrected chi connectivity index (χ4v) is 8.70. The molecule has 0 heterocycles. The van der Waals surface area contributed by atoms with Gasteiger partial charge in [-0.25, -0.2) is 0 Å². The monoisotopic (exact) mass is 1080 g/mol. The second-order valence-electron chi connectivity index (χ2n) is 20.9. The highest BCUT2D eigenvalue weighted by atomic mass is 16.6. The minimum absolute atomic E-state index is 0.114. The molecule has 6 nitrogen and oxygen atoms in total. The van der Waals surface area contributed by atoms with Crippen molar-refractivity contribution in [1.82, 2.24) is 0 Å². The van der Waals surface area contributed by atoms with Crippen LogP contribution < -0.4 is 0 Å². The van der Waals surface area contributed by atoms with Crippen molar-refractivity contribution in [2.24, 2.45) is 0 Å². The number of hydrogen-bond donors (Lipinski definition) is 0. The summed E-state index contributed by atoms with van der Waals surface area (Å²) in [6.45, 7) is 6.34. The number of rotatable bonds is 57. The van der Waals surface area contributed by atoms with Crippen LogP contribution in [-0.2, 0) is 28.6 Å². The van der Waals surface area contributed by atoms with Crippen molar-refractivity contribution in [3.05, 3.63) is 134 Å². The van der Waals surface area contributed by atoms with E-state index >= 15 is 0 Å². The smallest absolute Gasteiger partial charge is 0.309 e. The molecule has 6 heteroatoms. The highest BCUT2D eigenvalue weighted by molar-refractivity contribution is 5.72. The number of carbonyl (C=O) groups excluding carboxylic acids is 3. The van der Waals surface area contributed by atoms with E-state index in [9.17, 15) is 14.4 Å². The van der Waals surface area contributed by atoms with Crippen LogP contribution in [0.3, 0.4) is 0 Å². The SMILES string of the molecule is CC/C=C\C/C=C\C/C=C\C/C=C\C/C=C\C/C=C\CCCCCCCCCCC(=O)OCC(COC(=O)C/C=C\C/C=C\C/C=C\C/C=C\C/C=C\CC)OC(=O)CCCCCCCCCCCCCCCCCCCC. The molecule has 0 N–H and O–H groups in total. The van der Waals surface area contributed by atoms with Crippen molar-refractivity contribution in [3.8, 4) is 0 Å². The molecule has 0 saturated heterocycles. The van der Waals surface area contributed by atoms with Gasteiger partial charge >= 0.3 is 17.9 Å². The van der Waals surface area contributed by atoms with Gasteiger partial charge in [0.05, 0.1) is 6.42 Å². The summed E-state index contributed by atoms with van der Waals surface area (Å²) in [7, 11) is 0. The van der Waals surface area contributed by atoms with Crippen LogP contribution in [0.25, 0.3) is 0 Å². The van der Waals surface area contributed by atoms with E-state index in [2.05, 4.69) is 142 Å². The van der Waals surface area contributed by atoms with Gasteiger partial charge in [-0.05, 0) is 96.3 Å². The standard InChI is InChI=1S/C72H118O6/c1-4-7-10-13-16-19-22-25-28-30-32-33-34-35-36-37-38-39-40-42-44-47-50-53-56-59-62-65-71(74)77-68-69(67-76-70(73)64-61-58-55-52-49-46-43-27-24-21-18-15-12-9-6-3)78-72(75)66-63-60-57-54-51-48-45-41-31-29-26-23-20-17-14-11-8-5-2/h7,9-10,12,16,18-19,21,25,27-28,32-33,35-36,38-39,43,49,52,58,61,69H,4-6,8,11,13-15,17,20,22-24,26,29-31,34,37,40-42,44-48,50-51,53-57,59-60,62-68H2,1-3H3/b10-7-,12-9-,19-16-,21-18-,28-25-,33-32-,36-35-,39-38-,43-27-,52-49-,61-58-. The van der Waals surface area contributed by atoms with E-state index < -0.39 is 12.1 Å². The van der Waals surface area contributed by atoms with Crippen molar-refractivity contribution in [3.63, 3.8) is 0 Å². The van der Waals surface area contributed by atoms with Gasteiger partial charge in [0.25, 0.3) is 0 Å². The molecule has 0 aromatic rings. The number of ether oxygens (including phenoxy) is 3. The number of hydrogen-bond acceptors (Lipinski definition) is 6. The molecular weight excluding hydrogens is 961 g/mol. The third-order valence-electron chi connectivity index (χ3n) is 13.4. The van der Waals surface area contributed by atoms with E-state index in [0.717, 1.165) is 116 Å². The summed E-state index contributed by atoms with van der Waals surface area (Å²) in [4.78, 5) is 38.3. The average Bonchev–Trinajstić information content (AvgIpc) is 3.44. The summed E-state index contributed by atoms with van der Waals surface area (Å²) in [5.41, 5.74) is 0. The molecule has 0 aromatic heterocycles. The average molecular weight is 1080 g/mol. The van der Waals surface area contributed by atoms with Crippen molar-refractivity contribution < 1.29 is 28.6 Å². The van der Waals surface area contributed by atoms with E-state index in [1.54, 1.807) is 6.08 Å². The molecule has 0 aliphatic carbocycles. The van der Waals surface area contributed by atoms with Gasteiger partial charge in [-0.2, -0.15) is 0 Å². The summed E-state index contributed by atoms with van der Waals surface area (Å²) in [5.74, 6) is -1.05. The Kier molecular flexibility index (Phi) is 61.4. The first-order valence-corrected chi connectivity index (χ1v) is 32.2. The Labute approximate surface area is 481 Å². The van der Waals surface area contributed by atoms with E-state index in [-0.39, 0.29) is 31.6 Å². The van der Waals surface area contributed by atoms with Crippen molar-refractivity contribution in [2.45, 2.75) is 290 Å². The molecule has 0 aliphatic rings. The summed E-state index contributed by atoms with van der Waals surface area (Å²) < 4.78 is 16.8. The van der Waals surface area contributed by atoms with Crippen molar-refractivity contribution in [1.29, 1.82) is 0 Å². The predicted octanol–water partition coefficient (Wildman–Crippen LogP) is 22.2. The number of carbonyl (C=O) groups is 3. The maximum atomic E-state index is 12.9. The van der Waals surface area contributed by atoms with Gasteiger partial charge in [0.2, 0.25) is 0 Å². The molecule has 1 atom stereocenters. The van der Waals surface area contributed by atoms with Crippen molar-refractivity contribution >= 4 is 17.9 Å². The van der Waals surface area contributed by atoms with Crippen LogP contribution in [0.5, 0.6) is 0 Å². The van der Waals surface area contributed by atoms with E-state index in [0.29, 0.717) is 12.8 Å². The molecular formula is C72H118O6. The topological polar surface area (TPSA) is 78.9 Å². The fourth-order valence-electron chi connectivity index (χ4n) is 8.70. The lowest BCUT2D eigenvalue weighted by molar-refractivity contribution is -0.166. The second kappa shape index (κ2) is 65.1. The van der Waals surface area contributed by atoms with Gasteiger partial charge in [0.1, 0.15) is 13.2 Å². The van der Waals surface area contributed by atoms with Crippen LogP contribution in [-0.4, -0.2) is 37.2 Å². The molecule has 0 rings (SSSR count). The lowest BCUT2D eigenvalue weighted by atomic mass is 10.0. The Morgan fingerprint density at radius 2 is 0.551 bits per heavy atom. The third kappa shape index (κ3) is 62.4. The molecule has 0 fully saturated rings. The van der Waals surface area contributed by atoms with Crippen LogP contribution in [0, 0.1) is 0 Å². The number of esters is 3. The van der Waals surface area contributed by atoms with Gasteiger partial charge in [-0.3, -0.25) is 14.4 Å². The van der Waals surface area contributed by atoms with Crippen LogP contribution in [0.2, 0.25) is 0 Å². The molecule has 0 radical (unpaired) electrons. The molecule has 1 unspecified atom stereocenters. The summed E-state index contributed by atoms with van der Waals surface area (Å²) in [6, 6.07) is 0. The molecule has 0 saturated carbocycles. The maximum Gasteiger partial charge on any atom is 0.309 e. The Morgan fingerprint density at radius 1 is 0.282 bits per heavy atom. The lowest BCUT2D eigenvalue weighted by Gasteiger charge is -2.18. The Morgan fingerprint density at radius 3 is 0.897 bits per heavy atom. The zero-order valence-electron chi connectivity index (χ0n) is 50.6. The molecule has 0 spiro atoms. The molecule has 0 aliphatic heterocycles. The van der Waals surface area contributed by atoms with Crippen LogP contribution in [0.15, 0.2) is 134 Å². The molecule has 78 heavy (non-hydrogen) atoms. The first-order chi connectivity index (χ1) is 38.5. The van der Waals surface area contributed by atoms with Crippen LogP contribution >= 0.6 is 0 Å². The summed E-state index contributed by atoms with van der Waals surface area (Å²) in [6.07, 6.45) is 92.0. The highest BCUT2D eigenvalue weighted by Gasteiger charge is 2.19. The predicted molar refractivity (Wildman–Crippen MR) is 339 cm³/mol. The highest BCUT2D eigenvalue weighted by Crippen LogP contribution is 2.16. The summed E-state index contributed by atoms with van der Waals surface area (Å²) >= 11 is 0. The molecule has 0 bridgehead atoms. The second-order valence-corrected chi connectivity index (χ2v) is 20.9. The van der Waals surface area contributed by atoms with E-state index in [1.165, 1.54) is 128 Å². The van der Waals surface area contributed by atoms with Crippen molar-refractivity contribution in [2.75, 3.05) is 13.2 Å². The Hall–Kier alpha value is -4.45. The Bertz CT molecular complexity index is 1670. The maximum absolute atomic E-state index is 12.9.